The van der Waals surface area contributed by atoms with Crippen LogP contribution in [0.15, 0.2) is 18.2 Å². The standard InChI is InChI=1S/C12H15ClN2O/c13-11-4-5-12(16)10(8-11)9-15-7-3-1-2-6-14/h4-5,8,15-16H,1-3,7,9H2. The molecule has 0 atom stereocenters. The van der Waals surface area contributed by atoms with Crippen LogP contribution in [0, 0.1) is 11.3 Å². The van der Waals surface area contributed by atoms with Gasteiger partial charge in [0, 0.05) is 23.6 Å². The van der Waals surface area contributed by atoms with Gasteiger partial charge >= 0.3 is 0 Å². The van der Waals surface area contributed by atoms with E-state index in [2.05, 4.69) is 11.4 Å². The molecule has 0 saturated heterocycles. The van der Waals surface area contributed by atoms with Gasteiger partial charge in [-0.05, 0) is 37.6 Å². The Morgan fingerprint density at radius 3 is 2.94 bits per heavy atom. The van der Waals surface area contributed by atoms with Crippen molar-refractivity contribution in [1.29, 1.82) is 5.26 Å². The number of phenolic OH excluding ortho intramolecular Hbond substituents is 1. The Balaban J connectivity index is 2.27. The third-order valence-electron chi connectivity index (χ3n) is 2.25. The second-order valence-corrected chi connectivity index (χ2v) is 4.00. The van der Waals surface area contributed by atoms with Crippen LogP contribution in [0.2, 0.25) is 5.02 Å². The lowest BCUT2D eigenvalue weighted by atomic mass is 10.2. The first-order chi connectivity index (χ1) is 7.74. The molecule has 1 aromatic carbocycles. The molecule has 0 amide bonds. The molecule has 0 fully saturated rings. The molecule has 1 aromatic rings. The molecule has 0 saturated carbocycles. The average molecular weight is 239 g/mol. The third kappa shape index (κ3) is 4.52. The number of nitrogens with zero attached hydrogens (tertiary/aromatic N) is 1. The van der Waals surface area contributed by atoms with Crippen molar-refractivity contribution >= 4 is 11.6 Å². The van der Waals surface area contributed by atoms with Crippen molar-refractivity contribution in [3.63, 3.8) is 0 Å². The van der Waals surface area contributed by atoms with Gasteiger partial charge in [0.05, 0.1) is 6.07 Å². The molecule has 0 bridgehead atoms. The van der Waals surface area contributed by atoms with Crippen molar-refractivity contribution in [3.05, 3.63) is 28.8 Å². The Morgan fingerprint density at radius 1 is 1.38 bits per heavy atom. The average Bonchev–Trinajstić information content (AvgIpc) is 2.28. The smallest absolute Gasteiger partial charge is 0.120 e. The van der Waals surface area contributed by atoms with Crippen LogP contribution in [0.3, 0.4) is 0 Å². The van der Waals surface area contributed by atoms with E-state index in [1.54, 1.807) is 18.2 Å². The zero-order chi connectivity index (χ0) is 11.8. The summed E-state index contributed by atoms with van der Waals surface area (Å²) in [5, 5.41) is 21.7. The van der Waals surface area contributed by atoms with Crippen LogP contribution in [-0.4, -0.2) is 11.7 Å². The van der Waals surface area contributed by atoms with Crippen LogP contribution in [-0.2, 0) is 6.54 Å². The highest BCUT2D eigenvalue weighted by atomic mass is 35.5. The summed E-state index contributed by atoms with van der Waals surface area (Å²) < 4.78 is 0. The van der Waals surface area contributed by atoms with Crippen molar-refractivity contribution in [2.75, 3.05) is 6.54 Å². The summed E-state index contributed by atoms with van der Waals surface area (Å²) in [4.78, 5) is 0. The lowest BCUT2D eigenvalue weighted by Gasteiger charge is -2.06. The summed E-state index contributed by atoms with van der Waals surface area (Å²) >= 11 is 5.82. The number of benzene rings is 1. The molecule has 3 nitrogen and oxygen atoms in total. The number of rotatable bonds is 6. The lowest BCUT2D eigenvalue weighted by Crippen LogP contribution is -2.14. The molecule has 16 heavy (non-hydrogen) atoms. The predicted octanol–water partition coefficient (Wildman–Crippen LogP) is 2.83. The third-order valence-corrected chi connectivity index (χ3v) is 2.48. The zero-order valence-corrected chi connectivity index (χ0v) is 9.80. The molecule has 2 N–H and O–H groups in total. The van der Waals surface area contributed by atoms with E-state index in [1.165, 1.54) is 0 Å². The summed E-state index contributed by atoms with van der Waals surface area (Å²) in [6.45, 7) is 1.44. The van der Waals surface area contributed by atoms with Crippen LogP contribution in [0.4, 0.5) is 0 Å². The molecule has 86 valence electrons. The van der Waals surface area contributed by atoms with Crippen LogP contribution in [0.1, 0.15) is 24.8 Å². The predicted molar refractivity (Wildman–Crippen MR) is 64.3 cm³/mol. The van der Waals surface area contributed by atoms with Gasteiger partial charge in [0.1, 0.15) is 5.75 Å². The number of halogens is 1. The second kappa shape index (κ2) is 7.10. The number of phenols is 1. The highest BCUT2D eigenvalue weighted by Crippen LogP contribution is 2.20. The van der Waals surface area contributed by atoms with Crippen molar-refractivity contribution in [2.45, 2.75) is 25.8 Å². The quantitative estimate of drug-likeness (QED) is 0.750. The molecule has 0 spiro atoms. The van der Waals surface area contributed by atoms with Crippen LogP contribution in [0.25, 0.3) is 0 Å². The Hall–Kier alpha value is -1.24. The van der Waals surface area contributed by atoms with Gasteiger partial charge in [0.15, 0.2) is 0 Å². The van der Waals surface area contributed by atoms with Crippen molar-refractivity contribution in [3.8, 4) is 11.8 Å². The lowest BCUT2D eigenvalue weighted by molar-refractivity contribution is 0.464. The van der Waals surface area contributed by atoms with E-state index in [4.69, 9.17) is 16.9 Å². The molecule has 0 radical (unpaired) electrons. The van der Waals surface area contributed by atoms with E-state index in [-0.39, 0.29) is 5.75 Å². The van der Waals surface area contributed by atoms with Gasteiger partial charge in [-0.2, -0.15) is 5.26 Å². The van der Waals surface area contributed by atoms with E-state index < -0.39 is 0 Å². The highest BCUT2D eigenvalue weighted by molar-refractivity contribution is 6.30. The first-order valence-electron chi connectivity index (χ1n) is 5.29. The number of hydrogen-bond donors (Lipinski definition) is 2. The SMILES string of the molecule is N#CCCCCNCc1cc(Cl)ccc1O. The zero-order valence-electron chi connectivity index (χ0n) is 9.04. The summed E-state index contributed by atoms with van der Waals surface area (Å²) in [5.41, 5.74) is 0.799. The number of nitriles is 1. The maximum absolute atomic E-state index is 9.53. The fourth-order valence-electron chi connectivity index (χ4n) is 1.37. The largest absolute Gasteiger partial charge is 0.508 e. The van der Waals surface area contributed by atoms with Crippen molar-refractivity contribution in [2.24, 2.45) is 0 Å². The summed E-state index contributed by atoms with van der Waals surface area (Å²) in [6.07, 6.45) is 2.48. The molecular weight excluding hydrogens is 224 g/mol. The van der Waals surface area contributed by atoms with Crippen molar-refractivity contribution in [1.82, 2.24) is 5.32 Å². The summed E-state index contributed by atoms with van der Waals surface area (Å²) in [6, 6.07) is 7.11. The van der Waals surface area contributed by atoms with Crippen molar-refractivity contribution < 1.29 is 5.11 Å². The molecule has 0 aliphatic rings. The molecule has 1 rings (SSSR count). The van der Waals surface area contributed by atoms with Crippen LogP contribution < -0.4 is 5.32 Å². The summed E-state index contributed by atoms with van der Waals surface area (Å²) in [5.74, 6) is 0.258. The van der Waals surface area contributed by atoms with E-state index in [0.29, 0.717) is 18.0 Å². The van der Waals surface area contributed by atoms with Gasteiger partial charge < -0.3 is 10.4 Å². The molecular formula is C12H15ClN2O. The van der Waals surface area contributed by atoms with Gasteiger partial charge in [-0.25, -0.2) is 0 Å². The fraction of sp³-hybridized carbons (Fsp3) is 0.417. The maximum Gasteiger partial charge on any atom is 0.120 e. The fourth-order valence-corrected chi connectivity index (χ4v) is 1.57. The topological polar surface area (TPSA) is 56.0 Å². The molecule has 0 heterocycles. The maximum atomic E-state index is 9.53. The number of hydrogen-bond acceptors (Lipinski definition) is 3. The van der Waals surface area contributed by atoms with Gasteiger partial charge in [0.25, 0.3) is 0 Å². The summed E-state index contributed by atoms with van der Waals surface area (Å²) in [7, 11) is 0. The Bertz CT molecular complexity index is 374. The minimum atomic E-state index is 0.258. The number of aromatic hydroxyl groups is 1. The number of nitrogens with one attached hydrogen (secondary N) is 1. The Kier molecular flexibility index (Phi) is 5.69. The Labute approximate surface area is 101 Å². The van der Waals surface area contributed by atoms with Gasteiger partial charge in [-0.1, -0.05) is 11.6 Å². The first kappa shape index (κ1) is 12.8. The minimum Gasteiger partial charge on any atom is -0.508 e. The van der Waals surface area contributed by atoms with E-state index in [0.717, 1.165) is 24.9 Å². The van der Waals surface area contributed by atoms with Gasteiger partial charge in [0.2, 0.25) is 0 Å². The number of unbranched alkanes of at least 4 members (excludes halogenated alkanes) is 2. The molecule has 0 aliphatic heterocycles. The highest BCUT2D eigenvalue weighted by Gasteiger charge is 2.01. The Morgan fingerprint density at radius 2 is 2.19 bits per heavy atom. The van der Waals surface area contributed by atoms with E-state index in [9.17, 15) is 5.11 Å². The van der Waals surface area contributed by atoms with Gasteiger partial charge in [-0.15, -0.1) is 0 Å². The molecule has 4 heteroatoms. The second-order valence-electron chi connectivity index (χ2n) is 3.57. The van der Waals surface area contributed by atoms with Crippen LogP contribution >= 0.6 is 11.6 Å². The van der Waals surface area contributed by atoms with E-state index >= 15 is 0 Å². The van der Waals surface area contributed by atoms with Crippen LogP contribution in [0.5, 0.6) is 5.75 Å². The monoisotopic (exact) mass is 238 g/mol. The van der Waals surface area contributed by atoms with Gasteiger partial charge in [-0.3, -0.25) is 0 Å². The first-order valence-corrected chi connectivity index (χ1v) is 5.67. The van der Waals surface area contributed by atoms with E-state index in [1.807, 2.05) is 0 Å². The molecule has 0 unspecified atom stereocenters. The molecule has 0 aliphatic carbocycles. The minimum absolute atomic E-state index is 0.258. The molecule has 0 aromatic heterocycles. The normalized spacial score (nSPS) is 10.0.